The molecule has 2 aromatic heterocycles. The molecule has 0 saturated heterocycles. The molecule has 0 atom stereocenters. The molecule has 0 fully saturated rings. The number of carbonyl (C=O) groups excluding carboxylic acids is 1. The zero-order chi connectivity index (χ0) is 14.8. The summed E-state index contributed by atoms with van der Waals surface area (Å²) in [6.45, 7) is 0.0203. The number of nitrogens with zero attached hydrogens (tertiary/aromatic N) is 2. The Morgan fingerprint density at radius 1 is 1.33 bits per heavy atom. The highest BCUT2D eigenvalue weighted by Gasteiger charge is 2.11. The maximum absolute atomic E-state index is 13.3. The van der Waals surface area contributed by atoms with E-state index in [4.69, 9.17) is 10.5 Å². The minimum atomic E-state index is -0.641. The van der Waals surface area contributed by atoms with Gasteiger partial charge < -0.3 is 14.9 Å². The molecule has 6 heteroatoms. The van der Waals surface area contributed by atoms with Gasteiger partial charge in [-0.1, -0.05) is 6.07 Å². The molecule has 3 rings (SSSR count). The summed E-state index contributed by atoms with van der Waals surface area (Å²) in [5, 5.41) is 0. The fraction of sp³-hybridized carbons (Fsp3) is 0.0667. The van der Waals surface area contributed by atoms with Crippen molar-refractivity contribution in [3.05, 3.63) is 65.9 Å². The number of rotatable bonds is 3. The van der Waals surface area contributed by atoms with Crippen molar-refractivity contribution >= 4 is 17.3 Å². The number of anilines is 1. The number of carbonyl (C=O) groups is 1. The lowest BCUT2D eigenvalue weighted by molar-refractivity contribution is 0.0468. The molecule has 0 aliphatic heterocycles. The quantitative estimate of drug-likeness (QED) is 0.592. The maximum Gasteiger partial charge on any atom is 0.338 e. The second kappa shape index (κ2) is 5.24. The first-order valence-electron chi connectivity index (χ1n) is 6.28. The van der Waals surface area contributed by atoms with Crippen molar-refractivity contribution in [3.63, 3.8) is 0 Å². The van der Waals surface area contributed by atoms with Crippen molar-refractivity contribution < 1.29 is 13.9 Å². The number of nitrogen functional groups attached to an aromatic ring is 1. The summed E-state index contributed by atoms with van der Waals surface area (Å²) >= 11 is 0. The number of hydrogen-bond donors (Lipinski definition) is 1. The predicted molar refractivity (Wildman–Crippen MR) is 75.1 cm³/mol. The number of fused-ring (bicyclic) bond motifs is 1. The lowest BCUT2D eigenvalue weighted by Gasteiger charge is -2.03. The van der Waals surface area contributed by atoms with E-state index in [1.807, 2.05) is 28.8 Å². The number of esters is 1. The van der Waals surface area contributed by atoms with Gasteiger partial charge in [0.15, 0.2) is 0 Å². The van der Waals surface area contributed by atoms with Crippen LogP contribution >= 0.6 is 0 Å². The summed E-state index contributed by atoms with van der Waals surface area (Å²) in [5.41, 5.74) is 6.85. The van der Waals surface area contributed by atoms with E-state index in [0.29, 0.717) is 5.69 Å². The Balaban J connectivity index is 1.71. The van der Waals surface area contributed by atoms with Gasteiger partial charge in [0.05, 0.1) is 16.9 Å². The Hall–Kier alpha value is -2.89. The Morgan fingerprint density at radius 3 is 2.95 bits per heavy atom. The predicted octanol–water partition coefficient (Wildman–Crippen LogP) is 2.41. The first kappa shape index (κ1) is 13.1. The lowest BCUT2D eigenvalue weighted by Crippen LogP contribution is -2.06. The number of pyridine rings is 1. The monoisotopic (exact) mass is 285 g/mol. The van der Waals surface area contributed by atoms with E-state index in [-0.39, 0.29) is 17.9 Å². The lowest BCUT2D eigenvalue weighted by atomic mass is 10.2. The average molecular weight is 285 g/mol. The second-order valence-corrected chi connectivity index (χ2v) is 4.51. The minimum absolute atomic E-state index is 0.00750. The molecule has 0 radical (unpaired) electrons. The molecule has 106 valence electrons. The highest BCUT2D eigenvalue weighted by Crippen LogP contribution is 2.13. The van der Waals surface area contributed by atoms with Gasteiger partial charge in [-0.05, 0) is 30.3 Å². The molecule has 21 heavy (non-hydrogen) atoms. The van der Waals surface area contributed by atoms with Crippen LogP contribution in [0.5, 0.6) is 0 Å². The van der Waals surface area contributed by atoms with Crippen LogP contribution in [-0.2, 0) is 11.3 Å². The molecule has 3 aromatic rings. The maximum atomic E-state index is 13.3. The summed E-state index contributed by atoms with van der Waals surface area (Å²) in [4.78, 5) is 16.1. The number of nitrogens with two attached hydrogens (primary N) is 1. The van der Waals surface area contributed by atoms with Gasteiger partial charge in [-0.25, -0.2) is 14.2 Å². The summed E-state index contributed by atoms with van der Waals surface area (Å²) in [6, 6.07) is 9.40. The number of ether oxygens (including phenoxy) is 1. The van der Waals surface area contributed by atoms with Crippen molar-refractivity contribution in [2.45, 2.75) is 6.61 Å². The first-order valence-corrected chi connectivity index (χ1v) is 6.28. The smallest absolute Gasteiger partial charge is 0.338 e. The summed E-state index contributed by atoms with van der Waals surface area (Å²) in [6.07, 6.45) is 3.62. The Labute approximate surface area is 119 Å². The molecule has 2 N–H and O–H groups in total. The third-order valence-electron chi connectivity index (χ3n) is 3.00. The van der Waals surface area contributed by atoms with Gasteiger partial charge in [-0.15, -0.1) is 0 Å². The van der Waals surface area contributed by atoms with Crippen LogP contribution in [0.1, 0.15) is 16.1 Å². The molecular weight excluding hydrogens is 273 g/mol. The molecule has 0 spiro atoms. The number of imidazole rings is 1. The zero-order valence-electron chi connectivity index (χ0n) is 11.0. The molecule has 0 unspecified atom stereocenters. The third-order valence-corrected chi connectivity index (χ3v) is 3.00. The van der Waals surface area contributed by atoms with Crippen LogP contribution in [0.4, 0.5) is 10.1 Å². The van der Waals surface area contributed by atoms with E-state index in [2.05, 4.69) is 4.98 Å². The Kier molecular flexibility index (Phi) is 3.27. The molecule has 1 aromatic carbocycles. The van der Waals surface area contributed by atoms with Crippen LogP contribution in [0.2, 0.25) is 0 Å². The van der Waals surface area contributed by atoms with Crippen molar-refractivity contribution in [1.82, 2.24) is 9.38 Å². The molecule has 5 nitrogen and oxygen atoms in total. The van der Waals surface area contributed by atoms with Crippen LogP contribution in [0.15, 0.2) is 48.8 Å². The average Bonchev–Trinajstić information content (AvgIpc) is 2.90. The molecule has 0 amide bonds. The molecule has 0 aliphatic carbocycles. The van der Waals surface area contributed by atoms with Gasteiger partial charge in [0.1, 0.15) is 18.1 Å². The highest BCUT2D eigenvalue weighted by atomic mass is 19.1. The van der Waals surface area contributed by atoms with Crippen LogP contribution in [0.3, 0.4) is 0 Å². The van der Waals surface area contributed by atoms with Crippen molar-refractivity contribution in [2.24, 2.45) is 0 Å². The van der Waals surface area contributed by atoms with Crippen LogP contribution in [0, 0.1) is 5.82 Å². The number of hydrogen-bond acceptors (Lipinski definition) is 4. The van der Waals surface area contributed by atoms with E-state index >= 15 is 0 Å². The Bertz CT molecular complexity index is 781. The fourth-order valence-electron chi connectivity index (χ4n) is 1.93. The number of aromatic nitrogens is 2. The molecule has 0 saturated carbocycles. The topological polar surface area (TPSA) is 69.6 Å². The van der Waals surface area contributed by atoms with E-state index < -0.39 is 11.8 Å². The van der Waals surface area contributed by atoms with Crippen molar-refractivity contribution in [3.8, 4) is 0 Å². The SMILES string of the molecule is Nc1ccc(C(=O)OCc2cn3ccccc3n2)cc1F. The molecule has 0 bridgehead atoms. The van der Waals surface area contributed by atoms with Gasteiger partial charge >= 0.3 is 5.97 Å². The van der Waals surface area contributed by atoms with Gasteiger partial charge in [0.2, 0.25) is 0 Å². The zero-order valence-corrected chi connectivity index (χ0v) is 11.0. The molecule has 0 aliphatic rings. The Morgan fingerprint density at radius 2 is 2.19 bits per heavy atom. The third kappa shape index (κ3) is 2.69. The molecular formula is C15H12FN3O2. The number of halogens is 1. The van der Waals surface area contributed by atoms with E-state index in [0.717, 1.165) is 11.7 Å². The van der Waals surface area contributed by atoms with Gasteiger partial charge in [-0.3, -0.25) is 0 Å². The van der Waals surface area contributed by atoms with Crippen LogP contribution in [0.25, 0.3) is 5.65 Å². The van der Waals surface area contributed by atoms with E-state index in [1.54, 1.807) is 6.20 Å². The summed E-state index contributed by atoms with van der Waals surface area (Å²) < 4.78 is 20.2. The van der Waals surface area contributed by atoms with Crippen LogP contribution < -0.4 is 5.73 Å². The van der Waals surface area contributed by atoms with Gasteiger partial charge in [0, 0.05) is 12.4 Å². The normalized spacial score (nSPS) is 10.7. The number of benzene rings is 1. The minimum Gasteiger partial charge on any atom is -0.456 e. The van der Waals surface area contributed by atoms with Crippen molar-refractivity contribution in [1.29, 1.82) is 0 Å². The summed E-state index contributed by atoms with van der Waals surface area (Å²) in [5.74, 6) is -1.26. The van der Waals surface area contributed by atoms with Crippen molar-refractivity contribution in [2.75, 3.05) is 5.73 Å². The largest absolute Gasteiger partial charge is 0.456 e. The second-order valence-electron chi connectivity index (χ2n) is 4.51. The highest BCUT2D eigenvalue weighted by molar-refractivity contribution is 5.89. The van der Waals surface area contributed by atoms with E-state index in [9.17, 15) is 9.18 Å². The van der Waals surface area contributed by atoms with Crippen LogP contribution in [-0.4, -0.2) is 15.4 Å². The standard InChI is InChI=1S/C15H12FN3O2/c16-12-7-10(4-5-13(12)17)15(20)21-9-11-8-19-6-2-1-3-14(19)18-11/h1-8H,9,17H2. The fourth-order valence-corrected chi connectivity index (χ4v) is 1.93. The van der Waals surface area contributed by atoms with Gasteiger partial charge in [-0.2, -0.15) is 0 Å². The van der Waals surface area contributed by atoms with Gasteiger partial charge in [0.25, 0.3) is 0 Å². The van der Waals surface area contributed by atoms with E-state index in [1.165, 1.54) is 12.1 Å². The first-order chi connectivity index (χ1) is 10.1. The molecule has 2 heterocycles. The summed E-state index contributed by atoms with van der Waals surface area (Å²) in [7, 11) is 0.